The topological polar surface area (TPSA) is 55.4 Å². The van der Waals surface area contributed by atoms with Crippen LogP contribution in [0.2, 0.25) is 12.1 Å². The van der Waals surface area contributed by atoms with Crippen LogP contribution in [-0.2, 0) is 26.6 Å². The van der Waals surface area contributed by atoms with Gasteiger partial charge in [-0.2, -0.15) is 0 Å². The normalized spacial score (nSPS) is 12.9. The van der Waals surface area contributed by atoms with E-state index in [4.69, 9.17) is 26.6 Å². The Kier molecular flexibility index (Phi) is 11.0. The van der Waals surface area contributed by atoms with Crippen molar-refractivity contribution < 1.29 is 26.6 Å². The third-order valence-corrected chi connectivity index (χ3v) is 9.25. The van der Waals surface area contributed by atoms with Gasteiger partial charge in [-0.15, -0.1) is 0 Å². The van der Waals surface area contributed by atoms with E-state index in [9.17, 15) is 0 Å². The summed E-state index contributed by atoms with van der Waals surface area (Å²) >= 11 is 0. The first kappa shape index (κ1) is 20.2. The molecular weight excluding hydrogens is 296 g/mol. The molecule has 0 aromatic rings. The van der Waals surface area contributed by atoms with Gasteiger partial charge in [-0.05, 0) is 12.8 Å². The molecule has 0 aliphatic rings. The Bertz CT molecular complexity index is 193. The molecule has 0 bridgehead atoms. The lowest BCUT2D eigenvalue weighted by Crippen LogP contribution is -2.42. The molecule has 0 amide bonds. The molecule has 0 saturated carbocycles. The lowest BCUT2D eigenvalue weighted by Gasteiger charge is -2.25. The zero-order valence-corrected chi connectivity index (χ0v) is 15.7. The second-order valence-electron chi connectivity index (χ2n) is 4.50. The molecule has 0 radical (unpaired) electrons. The van der Waals surface area contributed by atoms with E-state index in [1.807, 2.05) is 0 Å². The molecule has 0 rings (SSSR count). The van der Waals surface area contributed by atoms with Gasteiger partial charge in [0.05, 0.1) is 0 Å². The molecule has 0 spiro atoms. The van der Waals surface area contributed by atoms with Crippen molar-refractivity contribution in [1.82, 2.24) is 0 Å². The van der Waals surface area contributed by atoms with Crippen LogP contribution in [0.1, 0.15) is 25.7 Å². The van der Waals surface area contributed by atoms with Crippen LogP contribution in [0, 0.1) is 0 Å². The Morgan fingerprint density at radius 2 is 0.700 bits per heavy atom. The minimum Gasteiger partial charge on any atom is -0.377 e. The van der Waals surface area contributed by atoms with Crippen molar-refractivity contribution in [3.63, 3.8) is 0 Å². The van der Waals surface area contributed by atoms with E-state index in [0.29, 0.717) is 0 Å². The summed E-state index contributed by atoms with van der Waals surface area (Å²) in [5, 5.41) is 0. The summed E-state index contributed by atoms with van der Waals surface area (Å²) in [7, 11) is 5.09. The maximum atomic E-state index is 5.39. The molecule has 0 aliphatic carbocycles. The van der Waals surface area contributed by atoms with E-state index in [-0.39, 0.29) is 0 Å². The smallest absolute Gasteiger partial charge is 0.377 e. The van der Waals surface area contributed by atoms with Crippen LogP contribution in [0.5, 0.6) is 0 Å². The fourth-order valence-corrected chi connectivity index (χ4v) is 5.74. The minimum absolute atomic E-state index is 0.845. The van der Waals surface area contributed by atoms with E-state index < -0.39 is 17.6 Å². The number of hydrogen-bond donors (Lipinski definition) is 0. The maximum Gasteiger partial charge on any atom is 0.500 e. The van der Waals surface area contributed by atoms with Crippen LogP contribution in [0.4, 0.5) is 0 Å². The van der Waals surface area contributed by atoms with Gasteiger partial charge in [0.15, 0.2) is 0 Å². The van der Waals surface area contributed by atoms with Gasteiger partial charge >= 0.3 is 17.6 Å². The molecule has 0 saturated heterocycles. The van der Waals surface area contributed by atoms with Crippen LogP contribution in [-0.4, -0.2) is 60.3 Å². The van der Waals surface area contributed by atoms with Crippen LogP contribution >= 0.6 is 0 Å². The molecule has 0 N–H and O–H groups in total. The quantitative estimate of drug-likeness (QED) is 0.382. The third kappa shape index (κ3) is 6.31. The van der Waals surface area contributed by atoms with E-state index in [1.165, 1.54) is 0 Å². The van der Waals surface area contributed by atoms with Gasteiger partial charge in [-0.25, -0.2) is 0 Å². The van der Waals surface area contributed by atoms with Crippen molar-refractivity contribution in [2.45, 2.75) is 37.8 Å². The van der Waals surface area contributed by atoms with E-state index in [1.54, 1.807) is 42.7 Å². The molecule has 0 aromatic heterocycles. The zero-order chi connectivity index (χ0) is 15.5. The number of unbranched alkanes of at least 4 members (excludes halogenated alkanes) is 3. The van der Waals surface area contributed by atoms with Gasteiger partial charge in [0, 0.05) is 54.7 Å². The predicted octanol–water partition coefficient (Wildman–Crippen LogP) is 2.30. The van der Waals surface area contributed by atoms with Crippen LogP contribution < -0.4 is 0 Å². The van der Waals surface area contributed by atoms with Crippen molar-refractivity contribution in [3.05, 3.63) is 0 Å². The number of hydrogen-bond acceptors (Lipinski definition) is 6. The summed E-state index contributed by atoms with van der Waals surface area (Å²) in [6.45, 7) is 0. The maximum absolute atomic E-state index is 5.39. The molecular formula is C12H30O6Si2. The van der Waals surface area contributed by atoms with Crippen molar-refractivity contribution in [3.8, 4) is 0 Å². The van der Waals surface area contributed by atoms with E-state index in [0.717, 1.165) is 37.8 Å². The molecule has 0 unspecified atom stereocenters. The number of rotatable bonds is 13. The minimum atomic E-state index is -2.40. The molecule has 0 aromatic carbocycles. The fourth-order valence-electron chi connectivity index (χ4n) is 2.15. The van der Waals surface area contributed by atoms with Crippen molar-refractivity contribution in [1.29, 1.82) is 0 Å². The van der Waals surface area contributed by atoms with Gasteiger partial charge in [-0.1, -0.05) is 12.8 Å². The molecule has 6 nitrogen and oxygen atoms in total. The molecule has 0 atom stereocenters. The highest BCUT2D eigenvalue weighted by atomic mass is 28.4. The lowest BCUT2D eigenvalue weighted by molar-refractivity contribution is 0.121. The fraction of sp³-hybridized carbons (Fsp3) is 1.00. The Hall–Kier alpha value is 0.194. The molecule has 20 heavy (non-hydrogen) atoms. The lowest BCUT2D eigenvalue weighted by atomic mass is 10.2. The summed E-state index contributed by atoms with van der Waals surface area (Å²) < 4.78 is 32.3. The largest absolute Gasteiger partial charge is 0.500 e. The SMILES string of the molecule is CO[Si](CCCCCC[Si](OC)(OC)OC)(OC)OC. The van der Waals surface area contributed by atoms with Gasteiger partial charge in [0.1, 0.15) is 0 Å². The summed E-state index contributed by atoms with van der Waals surface area (Å²) in [6.07, 6.45) is 4.27. The van der Waals surface area contributed by atoms with Crippen LogP contribution in [0.25, 0.3) is 0 Å². The third-order valence-electron chi connectivity index (χ3n) is 3.58. The first-order valence-electron chi connectivity index (χ1n) is 6.88. The van der Waals surface area contributed by atoms with Gasteiger partial charge in [0.25, 0.3) is 0 Å². The molecule has 0 fully saturated rings. The summed E-state index contributed by atoms with van der Waals surface area (Å²) in [5.41, 5.74) is 0. The van der Waals surface area contributed by atoms with Gasteiger partial charge < -0.3 is 26.6 Å². The second-order valence-corrected chi connectivity index (χ2v) is 10.7. The Balaban J connectivity index is 3.87. The van der Waals surface area contributed by atoms with Crippen molar-refractivity contribution in [2.75, 3.05) is 42.7 Å². The predicted molar refractivity (Wildman–Crippen MR) is 81.6 cm³/mol. The highest BCUT2D eigenvalue weighted by Crippen LogP contribution is 2.20. The summed E-state index contributed by atoms with van der Waals surface area (Å²) in [6, 6.07) is 1.69. The standard InChI is InChI=1S/C12H30O6Si2/c1-13-19(14-2,15-3)11-9-7-8-10-12-20(16-4,17-5)18-6/h7-12H2,1-6H3. The molecule has 8 heteroatoms. The van der Waals surface area contributed by atoms with E-state index in [2.05, 4.69) is 0 Å². The van der Waals surface area contributed by atoms with E-state index >= 15 is 0 Å². The average Bonchev–Trinajstić information content (AvgIpc) is 2.52. The first-order chi connectivity index (χ1) is 9.57. The van der Waals surface area contributed by atoms with Crippen molar-refractivity contribution in [2.24, 2.45) is 0 Å². The summed E-state index contributed by atoms with van der Waals surface area (Å²) in [5.74, 6) is 0. The van der Waals surface area contributed by atoms with Crippen molar-refractivity contribution >= 4 is 17.6 Å². The highest BCUT2D eigenvalue weighted by Gasteiger charge is 2.38. The Morgan fingerprint density at radius 1 is 0.450 bits per heavy atom. The average molecular weight is 327 g/mol. The zero-order valence-electron chi connectivity index (χ0n) is 13.7. The van der Waals surface area contributed by atoms with Gasteiger partial charge in [0.2, 0.25) is 0 Å². The molecule has 122 valence electrons. The van der Waals surface area contributed by atoms with Crippen LogP contribution in [0.15, 0.2) is 0 Å². The molecule has 0 aliphatic heterocycles. The Labute approximate surface area is 125 Å². The monoisotopic (exact) mass is 326 g/mol. The van der Waals surface area contributed by atoms with Crippen LogP contribution in [0.3, 0.4) is 0 Å². The second kappa shape index (κ2) is 10.9. The van der Waals surface area contributed by atoms with Gasteiger partial charge in [-0.3, -0.25) is 0 Å². The highest BCUT2D eigenvalue weighted by molar-refractivity contribution is 6.60. The molecule has 0 heterocycles. The Morgan fingerprint density at radius 3 is 0.900 bits per heavy atom. The summed E-state index contributed by atoms with van der Waals surface area (Å²) in [4.78, 5) is 0. The first-order valence-corrected chi connectivity index (χ1v) is 10.7.